The lowest BCUT2D eigenvalue weighted by atomic mass is 10.0. The summed E-state index contributed by atoms with van der Waals surface area (Å²) in [5.74, 6) is 0.730. The monoisotopic (exact) mass is 453 g/mol. The standard InChI is InChI=1S/C17H13Cl2N5O4S/c1-27-10-5-11(28-2)14(19)12(13(10)18)9-4-8-6-20-17(29(3,25)26)22-15(8)24-7-21-23-16(9)24/h4-7H,1-3H3. The lowest BCUT2D eigenvalue weighted by Crippen LogP contribution is -2.06. The Morgan fingerprint density at radius 1 is 1.03 bits per heavy atom. The van der Waals surface area contributed by atoms with Gasteiger partial charge >= 0.3 is 0 Å². The molecule has 1 aromatic carbocycles. The second-order valence-corrected chi connectivity index (χ2v) is 8.74. The lowest BCUT2D eigenvalue weighted by Gasteiger charge is -2.15. The molecule has 4 rings (SSSR count). The number of benzene rings is 1. The number of pyridine rings is 1. The predicted octanol–water partition coefficient (Wildman–Crippen LogP) is 3.07. The fourth-order valence-corrected chi connectivity index (χ4v) is 4.14. The Bertz CT molecular complexity index is 1360. The minimum absolute atomic E-state index is 0.260. The van der Waals surface area contributed by atoms with Gasteiger partial charge in [-0.15, -0.1) is 10.2 Å². The number of halogens is 2. The minimum Gasteiger partial charge on any atom is -0.495 e. The summed E-state index contributed by atoms with van der Waals surface area (Å²) in [4.78, 5) is 8.11. The molecule has 0 saturated carbocycles. The Kier molecular flexibility index (Phi) is 4.72. The number of nitrogens with zero attached hydrogens (tertiary/aromatic N) is 5. The van der Waals surface area contributed by atoms with Crippen molar-refractivity contribution in [3.05, 3.63) is 34.7 Å². The summed E-state index contributed by atoms with van der Waals surface area (Å²) < 4.78 is 35.9. The van der Waals surface area contributed by atoms with Crippen molar-refractivity contribution < 1.29 is 17.9 Å². The normalized spacial score (nSPS) is 11.9. The van der Waals surface area contributed by atoms with Crippen LogP contribution in [0.1, 0.15) is 0 Å². The largest absolute Gasteiger partial charge is 0.495 e. The molecule has 0 aliphatic heterocycles. The van der Waals surface area contributed by atoms with Gasteiger partial charge in [-0.25, -0.2) is 13.4 Å². The number of hydrogen-bond donors (Lipinski definition) is 0. The van der Waals surface area contributed by atoms with Crippen molar-refractivity contribution >= 4 is 49.7 Å². The smallest absolute Gasteiger partial charge is 0.248 e. The average molecular weight is 454 g/mol. The zero-order chi connectivity index (χ0) is 20.9. The zero-order valence-electron chi connectivity index (χ0n) is 15.3. The molecule has 0 N–H and O–H groups in total. The lowest BCUT2D eigenvalue weighted by molar-refractivity contribution is 0.395. The molecule has 0 radical (unpaired) electrons. The van der Waals surface area contributed by atoms with Crippen LogP contribution in [0.15, 0.2) is 29.8 Å². The van der Waals surface area contributed by atoms with E-state index in [0.29, 0.717) is 39.3 Å². The summed E-state index contributed by atoms with van der Waals surface area (Å²) in [7, 11) is -0.635. The van der Waals surface area contributed by atoms with E-state index >= 15 is 0 Å². The Labute approximate surface area is 175 Å². The molecule has 12 heteroatoms. The van der Waals surface area contributed by atoms with Gasteiger partial charge in [-0.1, -0.05) is 23.2 Å². The number of hydrogen-bond acceptors (Lipinski definition) is 8. The van der Waals surface area contributed by atoms with E-state index in [-0.39, 0.29) is 15.2 Å². The van der Waals surface area contributed by atoms with E-state index in [1.807, 2.05) is 0 Å². The van der Waals surface area contributed by atoms with E-state index in [2.05, 4.69) is 20.2 Å². The third-order valence-corrected chi connectivity index (χ3v) is 5.88. The molecule has 0 aliphatic rings. The number of fused-ring (bicyclic) bond motifs is 3. The highest BCUT2D eigenvalue weighted by molar-refractivity contribution is 7.90. The van der Waals surface area contributed by atoms with Gasteiger partial charge in [0, 0.05) is 35.0 Å². The van der Waals surface area contributed by atoms with E-state index in [1.165, 1.54) is 26.7 Å². The van der Waals surface area contributed by atoms with Gasteiger partial charge in [-0.05, 0) is 6.07 Å². The molecule has 3 aromatic heterocycles. The number of rotatable bonds is 4. The molecular weight excluding hydrogens is 441 g/mol. The predicted molar refractivity (Wildman–Crippen MR) is 108 cm³/mol. The summed E-state index contributed by atoms with van der Waals surface area (Å²) in [5.41, 5.74) is 1.65. The molecule has 150 valence electrons. The van der Waals surface area contributed by atoms with Gasteiger partial charge in [0.25, 0.3) is 0 Å². The molecule has 0 fully saturated rings. The van der Waals surface area contributed by atoms with Gasteiger partial charge in [0.1, 0.15) is 17.8 Å². The molecular formula is C17H13Cl2N5O4S. The van der Waals surface area contributed by atoms with Crippen molar-refractivity contribution in [3.8, 4) is 22.6 Å². The van der Waals surface area contributed by atoms with Crippen LogP contribution in [0.2, 0.25) is 10.0 Å². The topological polar surface area (TPSA) is 109 Å². The van der Waals surface area contributed by atoms with Gasteiger partial charge in [-0.2, -0.15) is 4.98 Å². The van der Waals surface area contributed by atoms with Crippen LogP contribution in [0, 0.1) is 0 Å². The highest BCUT2D eigenvalue weighted by Gasteiger charge is 2.23. The summed E-state index contributed by atoms with van der Waals surface area (Å²) in [6.45, 7) is 0. The van der Waals surface area contributed by atoms with Crippen molar-refractivity contribution in [2.24, 2.45) is 0 Å². The number of methoxy groups -OCH3 is 2. The van der Waals surface area contributed by atoms with Gasteiger partial charge in [0.2, 0.25) is 15.0 Å². The van der Waals surface area contributed by atoms with E-state index in [9.17, 15) is 8.42 Å². The summed E-state index contributed by atoms with van der Waals surface area (Å²) >= 11 is 13.1. The first-order valence-electron chi connectivity index (χ1n) is 8.06. The van der Waals surface area contributed by atoms with E-state index in [1.54, 1.807) is 16.5 Å². The first kappa shape index (κ1) is 19.6. The second-order valence-electron chi connectivity index (χ2n) is 6.07. The molecule has 9 nitrogen and oxygen atoms in total. The maximum atomic E-state index is 11.8. The fourth-order valence-electron chi connectivity index (χ4n) is 2.94. The minimum atomic E-state index is -3.59. The number of ether oxygens (including phenoxy) is 2. The molecule has 0 saturated heterocycles. The molecule has 0 bridgehead atoms. The maximum Gasteiger partial charge on any atom is 0.248 e. The Balaban J connectivity index is 2.12. The molecule has 0 aliphatic carbocycles. The molecule has 3 heterocycles. The highest BCUT2D eigenvalue weighted by Crippen LogP contribution is 2.47. The third kappa shape index (κ3) is 3.13. The van der Waals surface area contributed by atoms with Crippen LogP contribution in [0.4, 0.5) is 0 Å². The maximum absolute atomic E-state index is 11.8. The Hall–Kier alpha value is -2.69. The molecule has 4 aromatic rings. The average Bonchev–Trinajstić information content (AvgIpc) is 3.17. The van der Waals surface area contributed by atoms with Crippen molar-refractivity contribution in [1.82, 2.24) is 24.6 Å². The SMILES string of the molecule is COc1cc(OC)c(Cl)c(-c2cc3cnc(S(C)(=O)=O)nc3n3cnnc23)c1Cl. The first-order chi connectivity index (χ1) is 13.8. The van der Waals surface area contributed by atoms with Crippen LogP contribution in [0.3, 0.4) is 0 Å². The van der Waals surface area contributed by atoms with E-state index < -0.39 is 9.84 Å². The van der Waals surface area contributed by atoms with Gasteiger partial charge < -0.3 is 9.47 Å². The highest BCUT2D eigenvalue weighted by atomic mass is 35.5. The summed E-state index contributed by atoms with van der Waals surface area (Å²) in [6.07, 6.45) is 3.86. The number of sulfone groups is 1. The Morgan fingerprint density at radius 2 is 1.69 bits per heavy atom. The molecule has 0 amide bonds. The summed E-state index contributed by atoms with van der Waals surface area (Å²) in [5, 5.41) is 8.82. The number of aromatic nitrogens is 5. The molecule has 0 spiro atoms. The van der Waals surface area contributed by atoms with Crippen molar-refractivity contribution in [2.45, 2.75) is 5.16 Å². The van der Waals surface area contributed by atoms with Gasteiger partial charge in [0.15, 0.2) is 11.3 Å². The third-order valence-electron chi connectivity index (χ3n) is 4.27. The quantitative estimate of drug-likeness (QED) is 0.433. The summed E-state index contributed by atoms with van der Waals surface area (Å²) in [6, 6.07) is 3.29. The van der Waals surface area contributed by atoms with Crippen molar-refractivity contribution in [1.29, 1.82) is 0 Å². The second kappa shape index (κ2) is 6.97. The van der Waals surface area contributed by atoms with Crippen LogP contribution < -0.4 is 9.47 Å². The molecule has 0 unspecified atom stereocenters. The van der Waals surface area contributed by atoms with E-state index in [4.69, 9.17) is 32.7 Å². The zero-order valence-corrected chi connectivity index (χ0v) is 17.7. The van der Waals surface area contributed by atoms with Crippen molar-refractivity contribution in [2.75, 3.05) is 20.5 Å². The van der Waals surface area contributed by atoms with E-state index in [0.717, 1.165) is 6.26 Å². The van der Waals surface area contributed by atoms with Gasteiger partial charge in [0.05, 0.1) is 24.3 Å². The van der Waals surface area contributed by atoms with Crippen LogP contribution in [-0.2, 0) is 9.84 Å². The van der Waals surface area contributed by atoms with Crippen molar-refractivity contribution in [3.63, 3.8) is 0 Å². The first-order valence-corrected chi connectivity index (χ1v) is 10.7. The van der Waals surface area contributed by atoms with Crippen LogP contribution >= 0.6 is 23.2 Å². The molecule has 0 atom stereocenters. The van der Waals surface area contributed by atoms with Gasteiger partial charge in [-0.3, -0.25) is 4.40 Å². The van der Waals surface area contributed by atoms with Crippen LogP contribution in [0.25, 0.3) is 27.8 Å². The van der Waals surface area contributed by atoms with Crippen LogP contribution in [0.5, 0.6) is 11.5 Å². The Morgan fingerprint density at radius 3 is 2.28 bits per heavy atom. The molecule has 29 heavy (non-hydrogen) atoms. The fraction of sp³-hybridized carbons (Fsp3) is 0.176. The van der Waals surface area contributed by atoms with Crippen LogP contribution in [-0.4, -0.2) is 53.5 Å².